The summed E-state index contributed by atoms with van der Waals surface area (Å²) in [5, 5.41) is 0. The molecule has 0 aromatic heterocycles. The van der Waals surface area contributed by atoms with Crippen molar-refractivity contribution in [3.63, 3.8) is 0 Å². The average molecular weight is 248 g/mol. The van der Waals surface area contributed by atoms with Gasteiger partial charge in [-0.2, -0.15) is 0 Å². The van der Waals surface area contributed by atoms with Gasteiger partial charge >= 0.3 is 0 Å². The van der Waals surface area contributed by atoms with Crippen molar-refractivity contribution in [3.05, 3.63) is 29.3 Å². The topological polar surface area (TPSA) is 26.3 Å². The summed E-state index contributed by atoms with van der Waals surface area (Å²) in [5.41, 5.74) is 1.84. The highest BCUT2D eigenvalue weighted by Gasteiger charge is 2.20. The number of hydrogen-bond donors (Lipinski definition) is 0. The van der Waals surface area contributed by atoms with Gasteiger partial charge in [0.05, 0.1) is 7.11 Å². The second kappa shape index (κ2) is 5.55. The van der Waals surface area contributed by atoms with Crippen molar-refractivity contribution in [2.75, 3.05) is 7.11 Å². The van der Waals surface area contributed by atoms with Gasteiger partial charge in [-0.25, -0.2) is 0 Å². The van der Waals surface area contributed by atoms with Gasteiger partial charge in [0.25, 0.3) is 0 Å². The van der Waals surface area contributed by atoms with Gasteiger partial charge in [-0.3, -0.25) is 4.79 Å². The summed E-state index contributed by atoms with van der Waals surface area (Å²) < 4.78 is 5.38. The van der Waals surface area contributed by atoms with Gasteiger partial charge in [-0.05, 0) is 29.5 Å². The summed E-state index contributed by atoms with van der Waals surface area (Å²) >= 11 is 0. The normalized spacial score (nSPS) is 11.7. The molecule has 0 spiro atoms. The zero-order chi connectivity index (χ0) is 13.9. The van der Waals surface area contributed by atoms with Crippen molar-refractivity contribution in [1.29, 1.82) is 0 Å². The Kier molecular flexibility index (Phi) is 4.55. The predicted molar refractivity (Wildman–Crippen MR) is 75.5 cm³/mol. The van der Waals surface area contributed by atoms with Crippen molar-refractivity contribution in [2.45, 2.75) is 46.5 Å². The maximum atomic E-state index is 12.1. The molecule has 0 unspecified atom stereocenters. The van der Waals surface area contributed by atoms with Gasteiger partial charge in [-0.1, -0.05) is 34.6 Å². The Hall–Kier alpha value is -1.31. The van der Waals surface area contributed by atoms with E-state index in [1.807, 2.05) is 18.2 Å². The third-order valence-corrected chi connectivity index (χ3v) is 2.92. The molecule has 0 aliphatic rings. The molecule has 1 aromatic rings. The molecule has 0 amide bonds. The molecule has 0 saturated heterocycles. The lowest BCUT2D eigenvalue weighted by atomic mass is 9.84. The van der Waals surface area contributed by atoms with Crippen LogP contribution >= 0.6 is 0 Å². The van der Waals surface area contributed by atoms with Gasteiger partial charge in [0.15, 0.2) is 5.78 Å². The third-order valence-electron chi connectivity index (χ3n) is 2.92. The zero-order valence-corrected chi connectivity index (χ0v) is 12.3. The lowest BCUT2D eigenvalue weighted by molar-refractivity contribution is 0.0967. The molecule has 2 nitrogen and oxygen atoms in total. The van der Waals surface area contributed by atoms with E-state index in [0.717, 1.165) is 16.9 Å². The standard InChI is InChI=1S/C16H24O2/c1-11(2)9-14(17)12-7-8-15(18-6)13(10-12)16(3,4)5/h7-8,10-11H,9H2,1-6H3. The molecule has 0 aliphatic carbocycles. The van der Waals surface area contributed by atoms with Gasteiger partial charge < -0.3 is 4.74 Å². The van der Waals surface area contributed by atoms with Crippen LogP contribution in [0, 0.1) is 5.92 Å². The molecule has 100 valence electrons. The Labute approximate surface area is 110 Å². The number of ketones is 1. The summed E-state index contributed by atoms with van der Waals surface area (Å²) in [5.74, 6) is 1.44. The minimum atomic E-state index is -0.0283. The molecule has 0 saturated carbocycles. The van der Waals surface area contributed by atoms with Gasteiger partial charge in [0.1, 0.15) is 5.75 Å². The summed E-state index contributed by atoms with van der Waals surface area (Å²) in [6.45, 7) is 10.5. The Balaban J connectivity index is 3.15. The monoisotopic (exact) mass is 248 g/mol. The molecular weight excluding hydrogens is 224 g/mol. The molecule has 0 aliphatic heterocycles. The molecule has 1 rings (SSSR count). The van der Waals surface area contributed by atoms with E-state index < -0.39 is 0 Å². The molecule has 0 bridgehead atoms. The predicted octanol–water partition coefficient (Wildman–Crippen LogP) is 4.22. The first-order valence-corrected chi connectivity index (χ1v) is 6.47. The van der Waals surface area contributed by atoms with Crippen molar-refractivity contribution < 1.29 is 9.53 Å². The van der Waals surface area contributed by atoms with Crippen molar-refractivity contribution in [1.82, 2.24) is 0 Å². The number of Topliss-reactive ketones (excluding diaryl/α,β-unsaturated/α-hetero) is 1. The van der Waals surface area contributed by atoms with E-state index in [1.165, 1.54) is 0 Å². The van der Waals surface area contributed by atoms with E-state index in [2.05, 4.69) is 34.6 Å². The second-order valence-corrected chi connectivity index (χ2v) is 6.19. The summed E-state index contributed by atoms with van der Waals surface area (Å²) in [4.78, 5) is 12.1. The number of benzene rings is 1. The first kappa shape index (κ1) is 14.7. The molecule has 0 radical (unpaired) electrons. The van der Waals surface area contributed by atoms with Crippen LogP contribution in [0.5, 0.6) is 5.75 Å². The molecular formula is C16H24O2. The number of hydrogen-bond acceptors (Lipinski definition) is 2. The minimum absolute atomic E-state index is 0.0283. The van der Waals surface area contributed by atoms with Gasteiger partial charge in [0, 0.05) is 17.5 Å². The number of methoxy groups -OCH3 is 1. The molecule has 1 aromatic carbocycles. The summed E-state index contributed by atoms with van der Waals surface area (Å²) in [6.07, 6.45) is 0.593. The second-order valence-electron chi connectivity index (χ2n) is 6.19. The molecule has 0 N–H and O–H groups in total. The fourth-order valence-electron chi connectivity index (χ4n) is 1.96. The minimum Gasteiger partial charge on any atom is -0.496 e. The highest BCUT2D eigenvalue weighted by Crippen LogP contribution is 2.32. The van der Waals surface area contributed by atoms with E-state index in [1.54, 1.807) is 7.11 Å². The maximum absolute atomic E-state index is 12.1. The number of rotatable bonds is 4. The van der Waals surface area contributed by atoms with E-state index in [4.69, 9.17) is 4.74 Å². The quantitative estimate of drug-likeness (QED) is 0.746. The van der Waals surface area contributed by atoms with Crippen molar-refractivity contribution >= 4 is 5.78 Å². The lowest BCUT2D eigenvalue weighted by Gasteiger charge is -2.22. The zero-order valence-electron chi connectivity index (χ0n) is 12.3. The van der Waals surface area contributed by atoms with Crippen LogP contribution in [-0.2, 0) is 5.41 Å². The van der Waals surface area contributed by atoms with Crippen LogP contribution in [0.25, 0.3) is 0 Å². The van der Waals surface area contributed by atoms with Crippen LogP contribution in [0.1, 0.15) is 57.0 Å². The van der Waals surface area contributed by atoms with Crippen LogP contribution in [0.4, 0.5) is 0 Å². The Morgan fingerprint density at radius 3 is 2.33 bits per heavy atom. The number of carbonyl (C=O) groups excluding carboxylic acids is 1. The molecule has 2 heteroatoms. The van der Waals surface area contributed by atoms with E-state index in [9.17, 15) is 4.79 Å². The lowest BCUT2D eigenvalue weighted by Crippen LogP contribution is -2.14. The molecule has 0 atom stereocenters. The fourth-order valence-corrected chi connectivity index (χ4v) is 1.96. The van der Waals surface area contributed by atoms with Crippen LogP contribution in [0.2, 0.25) is 0 Å². The smallest absolute Gasteiger partial charge is 0.163 e. The van der Waals surface area contributed by atoms with E-state index in [0.29, 0.717) is 12.3 Å². The Morgan fingerprint density at radius 2 is 1.89 bits per heavy atom. The summed E-state index contributed by atoms with van der Waals surface area (Å²) in [7, 11) is 1.67. The van der Waals surface area contributed by atoms with Crippen LogP contribution in [0.15, 0.2) is 18.2 Å². The Morgan fingerprint density at radius 1 is 1.28 bits per heavy atom. The molecule has 18 heavy (non-hydrogen) atoms. The molecule has 0 heterocycles. The van der Waals surface area contributed by atoms with Crippen LogP contribution in [0.3, 0.4) is 0 Å². The van der Waals surface area contributed by atoms with Gasteiger partial charge in [-0.15, -0.1) is 0 Å². The van der Waals surface area contributed by atoms with E-state index in [-0.39, 0.29) is 11.2 Å². The molecule has 0 fully saturated rings. The number of ether oxygens (including phenoxy) is 1. The average Bonchev–Trinajstić information content (AvgIpc) is 2.26. The third kappa shape index (κ3) is 3.59. The fraction of sp³-hybridized carbons (Fsp3) is 0.562. The Bertz CT molecular complexity index is 425. The number of carbonyl (C=O) groups is 1. The summed E-state index contributed by atoms with van der Waals surface area (Å²) in [6, 6.07) is 5.73. The largest absolute Gasteiger partial charge is 0.496 e. The van der Waals surface area contributed by atoms with Crippen molar-refractivity contribution in [3.8, 4) is 5.75 Å². The maximum Gasteiger partial charge on any atom is 0.163 e. The highest BCUT2D eigenvalue weighted by atomic mass is 16.5. The highest BCUT2D eigenvalue weighted by molar-refractivity contribution is 5.96. The van der Waals surface area contributed by atoms with Crippen molar-refractivity contribution in [2.24, 2.45) is 5.92 Å². The first-order valence-electron chi connectivity index (χ1n) is 6.47. The van der Waals surface area contributed by atoms with Crippen LogP contribution < -0.4 is 4.74 Å². The SMILES string of the molecule is COc1ccc(C(=O)CC(C)C)cc1C(C)(C)C. The van der Waals surface area contributed by atoms with Gasteiger partial charge in [0.2, 0.25) is 0 Å². The van der Waals surface area contributed by atoms with Crippen LogP contribution in [-0.4, -0.2) is 12.9 Å². The first-order chi connectivity index (χ1) is 8.25. The van der Waals surface area contributed by atoms with E-state index >= 15 is 0 Å².